The Balaban J connectivity index is 1.77. The summed E-state index contributed by atoms with van der Waals surface area (Å²) in [5.74, 6) is -1.90. The number of amides is 1. The largest absolute Gasteiger partial charge is 0.507 e. The summed E-state index contributed by atoms with van der Waals surface area (Å²) < 4.78 is 28.5. The molecule has 1 heterocycles. The van der Waals surface area contributed by atoms with Crippen LogP contribution in [0.4, 0.5) is 5.69 Å². The fourth-order valence-corrected chi connectivity index (χ4v) is 4.02. The lowest BCUT2D eigenvalue weighted by Crippen LogP contribution is -2.43. The highest BCUT2D eigenvalue weighted by Gasteiger charge is 2.32. The molecule has 1 N–H and O–H groups in total. The molecule has 1 amide bonds. The molecular formula is C19H17NO6S. The molecule has 0 radical (unpaired) electrons. The van der Waals surface area contributed by atoms with E-state index in [4.69, 9.17) is 4.74 Å². The summed E-state index contributed by atoms with van der Waals surface area (Å²) >= 11 is 0. The molecule has 140 valence electrons. The van der Waals surface area contributed by atoms with Gasteiger partial charge in [-0.15, -0.1) is 0 Å². The lowest BCUT2D eigenvalue weighted by molar-refractivity contribution is -0.121. The van der Waals surface area contributed by atoms with E-state index in [1.807, 2.05) is 0 Å². The summed E-state index contributed by atoms with van der Waals surface area (Å²) in [5.41, 5.74) is 0.438. The van der Waals surface area contributed by atoms with Crippen molar-refractivity contribution >= 4 is 27.4 Å². The van der Waals surface area contributed by atoms with Crippen molar-refractivity contribution in [1.29, 1.82) is 0 Å². The van der Waals surface area contributed by atoms with Gasteiger partial charge in [-0.05, 0) is 30.3 Å². The van der Waals surface area contributed by atoms with Crippen molar-refractivity contribution in [2.75, 3.05) is 17.3 Å². The third-order valence-corrected chi connectivity index (χ3v) is 5.37. The molecule has 3 rings (SSSR count). The van der Waals surface area contributed by atoms with Gasteiger partial charge in [0.25, 0.3) is 5.91 Å². The number of phenols is 1. The molecule has 1 aliphatic heterocycles. The number of para-hydroxylation sites is 2. The summed E-state index contributed by atoms with van der Waals surface area (Å²) in [4.78, 5) is 26.1. The number of phenolic OH excluding ortho intramolecular Hbond substituents is 1. The second-order valence-electron chi connectivity index (χ2n) is 5.92. The Labute approximate surface area is 156 Å². The van der Waals surface area contributed by atoms with Crippen LogP contribution in [0.15, 0.2) is 66.1 Å². The first-order chi connectivity index (χ1) is 12.9. The molecule has 0 fully saturated rings. The third-order valence-electron chi connectivity index (χ3n) is 4.00. The Kier molecular flexibility index (Phi) is 5.27. The molecule has 8 heteroatoms. The molecule has 2 aromatic carbocycles. The van der Waals surface area contributed by atoms with Crippen LogP contribution in [-0.4, -0.2) is 43.8 Å². The number of sulfone groups is 1. The second kappa shape index (κ2) is 7.63. The van der Waals surface area contributed by atoms with Crippen molar-refractivity contribution in [3.8, 4) is 5.75 Å². The Morgan fingerprint density at radius 3 is 2.37 bits per heavy atom. The second-order valence-corrected chi connectivity index (χ2v) is 7.85. The number of aromatic hydroxyl groups is 1. The Hall–Kier alpha value is -3.13. The van der Waals surface area contributed by atoms with Gasteiger partial charge in [-0.25, -0.2) is 13.2 Å². The Morgan fingerprint density at radius 1 is 1.07 bits per heavy atom. The van der Waals surface area contributed by atoms with E-state index in [0.717, 1.165) is 5.41 Å². The molecule has 1 atom stereocenters. The summed E-state index contributed by atoms with van der Waals surface area (Å²) in [6, 6.07) is 13.7. The van der Waals surface area contributed by atoms with E-state index < -0.39 is 34.4 Å². The number of nitrogens with zero attached hydrogens (tertiary/aromatic N) is 1. The lowest BCUT2D eigenvalue weighted by Gasteiger charge is -2.27. The van der Waals surface area contributed by atoms with Crippen LogP contribution in [0.25, 0.3) is 0 Å². The van der Waals surface area contributed by atoms with Crippen molar-refractivity contribution in [3.63, 3.8) is 0 Å². The molecule has 0 saturated carbocycles. The van der Waals surface area contributed by atoms with Gasteiger partial charge in [-0.2, -0.15) is 0 Å². The SMILES string of the molecule is O=C(OCC(=O)N(c1ccccc1)[C@@H]1C=CS(=O)(=O)C1)c1ccccc1O. The quantitative estimate of drug-likeness (QED) is 0.787. The number of hydrogen-bond donors (Lipinski definition) is 1. The standard InChI is InChI=1S/C19H17NO6S/c21-17-9-5-4-8-16(17)19(23)26-12-18(22)20(14-6-2-1-3-7-14)15-10-11-27(24,25)13-15/h1-11,15,21H,12-13H2/t15-/m1/s1. The molecular weight excluding hydrogens is 370 g/mol. The van der Waals surface area contributed by atoms with Gasteiger partial charge in [0.05, 0.1) is 11.8 Å². The number of esters is 1. The normalized spacial score (nSPS) is 17.4. The van der Waals surface area contributed by atoms with Crippen LogP contribution >= 0.6 is 0 Å². The van der Waals surface area contributed by atoms with E-state index in [2.05, 4.69) is 0 Å². The molecule has 27 heavy (non-hydrogen) atoms. The van der Waals surface area contributed by atoms with Gasteiger partial charge >= 0.3 is 5.97 Å². The average Bonchev–Trinajstić information content (AvgIpc) is 3.00. The molecule has 0 spiro atoms. The smallest absolute Gasteiger partial charge is 0.342 e. The minimum Gasteiger partial charge on any atom is -0.507 e. The molecule has 0 bridgehead atoms. The van der Waals surface area contributed by atoms with Crippen LogP contribution in [0.3, 0.4) is 0 Å². The number of carbonyl (C=O) groups excluding carboxylic acids is 2. The van der Waals surface area contributed by atoms with E-state index in [1.54, 1.807) is 42.5 Å². The summed E-state index contributed by atoms with van der Waals surface area (Å²) in [5, 5.41) is 10.8. The monoisotopic (exact) mass is 387 g/mol. The molecule has 0 aliphatic carbocycles. The number of rotatable bonds is 5. The van der Waals surface area contributed by atoms with Crippen molar-refractivity contribution in [1.82, 2.24) is 0 Å². The van der Waals surface area contributed by atoms with Crippen molar-refractivity contribution in [2.24, 2.45) is 0 Å². The van der Waals surface area contributed by atoms with E-state index in [-0.39, 0.29) is 17.1 Å². The summed E-state index contributed by atoms with van der Waals surface area (Å²) in [7, 11) is -3.38. The Morgan fingerprint density at radius 2 is 1.74 bits per heavy atom. The van der Waals surface area contributed by atoms with Crippen molar-refractivity contribution < 1.29 is 27.9 Å². The first-order valence-corrected chi connectivity index (χ1v) is 9.82. The Bertz CT molecular complexity index is 984. The van der Waals surface area contributed by atoms with Crippen LogP contribution < -0.4 is 4.90 Å². The highest BCUT2D eigenvalue weighted by molar-refractivity contribution is 7.94. The highest BCUT2D eigenvalue weighted by Crippen LogP contribution is 2.23. The predicted octanol–water partition coefficient (Wildman–Crippen LogP) is 1.89. The van der Waals surface area contributed by atoms with Gasteiger partial charge in [0.15, 0.2) is 16.4 Å². The van der Waals surface area contributed by atoms with Crippen LogP contribution in [0.2, 0.25) is 0 Å². The molecule has 0 aromatic heterocycles. The fraction of sp³-hybridized carbons (Fsp3) is 0.158. The maximum atomic E-state index is 12.7. The maximum Gasteiger partial charge on any atom is 0.342 e. The molecule has 0 saturated heterocycles. The molecule has 1 aliphatic rings. The van der Waals surface area contributed by atoms with Gasteiger partial charge in [0, 0.05) is 11.1 Å². The minimum atomic E-state index is -3.38. The first kappa shape index (κ1) is 18.7. The number of carbonyl (C=O) groups is 2. The average molecular weight is 387 g/mol. The van der Waals surface area contributed by atoms with Gasteiger partial charge in [-0.1, -0.05) is 30.3 Å². The third kappa shape index (κ3) is 4.35. The fourth-order valence-electron chi connectivity index (χ4n) is 2.75. The van der Waals surface area contributed by atoms with Gasteiger partial charge in [0.2, 0.25) is 0 Å². The zero-order valence-corrected chi connectivity index (χ0v) is 15.0. The topological polar surface area (TPSA) is 101 Å². The lowest BCUT2D eigenvalue weighted by atomic mass is 10.2. The number of anilines is 1. The van der Waals surface area contributed by atoms with Crippen LogP contribution in [0, 0.1) is 0 Å². The first-order valence-electron chi connectivity index (χ1n) is 8.10. The molecule has 7 nitrogen and oxygen atoms in total. The summed E-state index contributed by atoms with van der Waals surface area (Å²) in [6.45, 7) is -0.591. The van der Waals surface area contributed by atoms with Crippen molar-refractivity contribution in [3.05, 3.63) is 71.6 Å². The van der Waals surface area contributed by atoms with Crippen molar-refractivity contribution in [2.45, 2.75) is 6.04 Å². The van der Waals surface area contributed by atoms with E-state index in [1.165, 1.54) is 23.1 Å². The maximum absolute atomic E-state index is 12.7. The van der Waals surface area contributed by atoms with Crippen LogP contribution in [0.5, 0.6) is 5.75 Å². The van der Waals surface area contributed by atoms with Gasteiger partial charge in [0.1, 0.15) is 11.3 Å². The van der Waals surface area contributed by atoms with E-state index >= 15 is 0 Å². The zero-order valence-electron chi connectivity index (χ0n) is 14.2. The molecule has 2 aromatic rings. The van der Waals surface area contributed by atoms with Gasteiger partial charge in [-0.3, -0.25) is 4.79 Å². The van der Waals surface area contributed by atoms with Gasteiger partial charge < -0.3 is 14.7 Å². The minimum absolute atomic E-state index is 0.0556. The predicted molar refractivity (Wildman–Crippen MR) is 99.0 cm³/mol. The number of benzene rings is 2. The van der Waals surface area contributed by atoms with Crippen LogP contribution in [0.1, 0.15) is 10.4 Å². The van der Waals surface area contributed by atoms with Crippen LogP contribution in [-0.2, 0) is 19.4 Å². The van der Waals surface area contributed by atoms with E-state index in [0.29, 0.717) is 5.69 Å². The highest BCUT2D eigenvalue weighted by atomic mass is 32.2. The summed E-state index contributed by atoms with van der Waals surface area (Å²) in [6.07, 6.45) is 1.44. The number of ether oxygens (including phenoxy) is 1. The molecule has 0 unspecified atom stereocenters. The zero-order chi connectivity index (χ0) is 19.4. The number of hydrogen-bond acceptors (Lipinski definition) is 6. The van der Waals surface area contributed by atoms with E-state index in [9.17, 15) is 23.1 Å².